The highest BCUT2D eigenvalue weighted by atomic mass is 16.5. The number of methoxy groups -OCH3 is 1. The summed E-state index contributed by atoms with van der Waals surface area (Å²) in [6.45, 7) is 0. The molecule has 0 aliphatic rings. The number of benzene rings is 2. The third kappa shape index (κ3) is 4.58. The second-order valence-electron chi connectivity index (χ2n) is 7.23. The number of nitrogens with one attached hydrogen (secondary N) is 1. The molecule has 6 heteroatoms. The van der Waals surface area contributed by atoms with Crippen molar-refractivity contribution in [2.75, 3.05) is 7.11 Å². The van der Waals surface area contributed by atoms with Gasteiger partial charge in [0, 0.05) is 11.8 Å². The van der Waals surface area contributed by atoms with Gasteiger partial charge in [-0.3, -0.25) is 15.0 Å². The van der Waals surface area contributed by atoms with Crippen LogP contribution < -0.4 is 10.2 Å². The first kappa shape index (κ1) is 21.3. The first-order chi connectivity index (χ1) is 14.6. The number of carbonyl (C=O) groups excluding carboxylic acids is 1. The van der Waals surface area contributed by atoms with Crippen LogP contribution in [0.5, 0.6) is 5.75 Å². The van der Waals surface area contributed by atoms with E-state index < -0.39 is 11.3 Å². The minimum absolute atomic E-state index is 0.257. The fraction of sp³-hybridized carbons (Fsp3) is 0.292. The van der Waals surface area contributed by atoms with Crippen LogP contribution >= 0.6 is 0 Å². The van der Waals surface area contributed by atoms with Crippen LogP contribution in [-0.4, -0.2) is 23.2 Å². The highest BCUT2D eigenvalue weighted by molar-refractivity contribution is 5.78. The molecule has 0 bridgehead atoms. The number of amides is 1. The van der Waals surface area contributed by atoms with Gasteiger partial charge in [0.05, 0.1) is 24.4 Å². The molecule has 30 heavy (non-hydrogen) atoms. The maximum absolute atomic E-state index is 11.2. The minimum Gasteiger partial charge on any atom is -0.497 e. The Balaban J connectivity index is 1.93. The van der Waals surface area contributed by atoms with E-state index in [1.165, 1.54) is 0 Å². The molecule has 1 atom stereocenters. The molecule has 1 heterocycles. The van der Waals surface area contributed by atoms with Crippen LogP contribution in [-0.2, 0) is 10.2 Å². The molecule has 0 aliphatic heterocycles. The van der Waals surface area contributed by atoms with E-state index in [-0.39, 0.29) is 6.42 Å². The van der Waals surface area contributed by atoms with Gasteiger partial charge in [0.1, 0.15) is 11.2 Å². The van der Waals surface area contributed by atoms with Crippen LogP contribution in [0.15, 0.2) is 60.7 Å². The zero-order valence-corrected chi connectivity index (χ0v) is 17.0. The quantitative estimate of drug-likeness (QED) is 0.311. The molecule has 1 unspecified atom stereocenters. The lowest BCUT2D eigenvalue weighted by Gasteiger charge is -2.27. The molecule has 154 valence electrons. The van der Waals surface area contributed by atoms with Crippen LogP contribution in [0.2, 0.25) is 0 Å². The van der Waals surface area contributed by atoms with Gasteiger partial charge in [-0.25, -0.2) is 5.48 Å². The molecule has 1 aromatic heterocycles. The van der Waals surface area contributed by atoms with E-state index in [9.17, 15) is 10.1 Å². The molecule has 0 spiro atoms. The molecule has 6 nitrogen and oxygen atoms in total. The molecule has 0 radical (unpaired) electrons. The molecule has 0 aliphatic carbocycles. The number of pyridine rings is 1. The molecule has 2 aromatic carbocycles. The van der Waals surface area contributed by atoms with E-state index in [4.69, 9.17) is 14.9 Å². The number of nitriles is 1. The number of hydroxylamine groups is 1. The Morgan fingerprint density at radius 1 is 1.10 bits per heavy atom. The highest BCUT2D eigenvalue weighted by Crippen LogP contribution is 2.37. The van der Waals surface area contributed by atoms with Gasteiger partial charge in [-0.05, 0) is 42.7 Å². The highest BCUT2D eigenvalue weighted by Gasteiger charge is 2.35. The van der Waals surface area contributed by atoms with Crippen LogP contribution in [0.3, 0.4) is 0 Å². The number of hydrogen-bond donors (Lipinski definition) is 2. The lowest BCUT2D eigenvalue weighted by molar-refractivity contribution is -0.129. The summed E-state index contributed by atoms with van der Waals surface area (Å²) in [5.74, 6) is 0.333. The largest absolute Gasteiger partial charge is 0.497 e. The summed E-state index contributed by atoms with van der Waals surface area (Å²) in [6, 6.07) is 21.9. The van der Waals surface area contributed by atoms with Crippen LogP contribution in [0.25, 0.3) is 10.9 Å². The Kier molecular flexibility index (Phi) is 6.99. The van der Waals surface area contributed by atoms with E-state index >= 15 is 0 Å². The van der Waals surface area contributed by atoms with Crippen molar-refractivity contribution in [2.45, 2.75) is 37.5 Å². The third-order valence-electron chi connectivity index (χ3n) is 5.39. The van der Waals surface area contributed by atoms with Crippen molar-refractivity contribution in [3.05, 3.63) is 71.9 Å². The molecular weight excluding hydrogens is 378 g/mol. The lowest BCUT2D eigenvalue weighted by atomic mass is 9.74. The van der Waals surface area contributed by atoms with E-state index in [2.05, 4.69) is 6.07 Å². The van der Waals surface area contributed by atoms with Gasteiger partial charge < -0.3 is 4.74 Å². The standard InChI is InChI=1S/C24H25N3O3/c1-30-20-13-11-19(12-14-20)24(17-25,16-6-2-3-9-23(28)27-29)22-15-10-18-7-4-5-8-21(18)26-22/h4-5,7-8,10-15,29H,2-3,6,9,16H2,1H3,(H,27,28). The fourth-order valence-electron chi connectivity index (χ4n) is 3.69. The average molecular weight is 403 g/mol. The molecule has 3 rings (SSSR count). The van der Waals surface area contributed by atoms with Crippen molar-refractivity contribution in [1.29, 1.82) is 5.26 Å². The number of hydrogen-bond acceptors (Lipinski definition) is 5. The first-order valence-corrected chi connectivity index (χ1v) is 9.98. The molecule has 0 fully saturated rings. The number of para-hydroxylation sites is 1. The zero-order valence-electron chi connectivity index (χ0n) is 17.0. The Hall–Kier alpha value is -3.43. The maximum Gasteiger partial charge on any atom is 0.243 e. The predicted octanol–water partition coefficient (Wildman–Crippen LogP) is 4.51. The summed E-state index contributed by atoms with van der Waals surface area (Å²) in [7, 11) is 1.61. The molecule has 2 N–H and O–H groups in total. The first-order valence-electron chi connectivity index (χ1n) is 9.98. The number of aromatic nitrogens is 1. The maximum atomic E-state index is 11.2. The van der Waals surface area contributed by atoms with Crippen molar-refractivity contribution in [1.82, 2.24) is 10.5 Å². The molecule has 0 saturated heterocycles. The molecule has 1 amide bonds. The van der Waals surface area contributed by atoms with Gasteiger partial charge in [0.25, 0.3) is 0 Å². The lowest BCUT2D eigenvalue weighted by Crippen LogP contribution is -2.27. The van der Waals surface area contributed by atoms with Crippen LogP contribution in [0.4, 0.5) is 0 Å². The van der Waals surface area contributed by atoms with Crippen molar-refractivity contribution in [3.63, 3.8) is 0 Å². The number of ether oxygens (including phenoxy) is 1. The van der Waals surface area contributed by atoms with Gasteiger partial charge in [-0.15, -0.1) is 0 Å². The second kappa shape index (κ2) is 9.86. The number of unbranched alkanes of at least 4 members (excludes halogenated alkanes) is 2. The Labute approximate surface area is 176 Å². The van der Waals surface area contributed by atoms with Gasteiger partial charge in [0.15, 0.2) is 0 Å². The molecular formula is C24H25N3O3. The van der Waals surface area contributed by atoms with Crippen molar-refractivity contribution < 1.29 is 14.7 Å². The Morgan fingerprint density at radius 2 is 1.87 bits per heavy atom. The van der Waals surface area contributed by atoms with E-state index in [1.807, 2.05) is 60.7 Å². The van der Waals surface area contributed by atoms with Gasteiger partial charge in [-0.1, -0.05) is 49.2 Å². The Bertz CT molecular complexity index is 1040. The summed E-state index contributed by atoms with van der Waals surface area (Å²) in [6.07, 6.45) is 2.98. The number of nitrogens with zero attached hydrogens (tertiary/aromatic N) is 2. The van der Waals surface area contributed by atoms with Gasteiger partial charge in [0.2, 0.25) is 5.91 Å². The number of carbonyl (C=O) groups is 1. The third-order valence-corrected chi connectivity index (χ3v) is 5.39. The van der Waals surface area contributed by atoms with Gasteiger partial charge >= 0.3 is 0 Å². The number of fused-ring (bicyclic) bond motifs is 1. The summed E-state index contributed by atoms with van der Waals surface area (Å²) >= 11 is 0. The summed E-state index contributed by atoms with van der Waals surface area (Å²) in [5.41, 5.74) is 3.17. The van der Waals surface area contributed by atoms with E-state index in [0.29, 0.717) is 18.5 Å². The minimum atomic E-state index is -0.907. The van der Waals surface area contributed by atoms with Crippen LogP contribution in [0, 0.1) is 11.3 Å². The van der Waals surface area contributed by atoms with Crippen LogP contribution in [0.1, 0.15) is 43.4 Å². The summed E-state index contributed by atoms with van der Waals surface area (Å²) in [5, 5.41) is 20.0. The van der Waals surface area contributed by atoms with Crippen molar-refractivity contribution >= 4 is 16.8 Å². The van der Waals surface area contributed by atoms with E-state index in [1.54, 1.807) is 12.6 Å². The normalized spacial score (nSPS) is 12.7. The summed E-state index contributed by atoms with van der Waals surface area (Å²) in [4.78, 5) is 16.0. The molecule has 3 aromatic rings. The van der Waals surface area contributed by atoms with Gasteiger partial charge in [-0.2, -0.15) is 5.26 Å². The SMILES string of the molecule is COc1ccc(C(C#N)(CCCCCC(=O)NO)c2ccc3ccccc3n2)cc1. The summed E-state index contributed by atoms with van der Waals surface area (Å²) < 4.78 is 5.27. The Morgan fingerprint density at radius 3 is 2.57 bits per heavy atom. The van der Waals surface area contributed by atoms with Crippen molar-refractivity contribution in [3.8, 4) is 11.8 Å². The zero-order chi connectivity index (χ0) is 21.4. The topological polar surface area (TPSA) is 95.2 Å². The predicted molar refractivity (Wildman–Crippen MR) is 114 cm³/mol. The average Bonchev–Trinajstić information content (AvgIpc) is 2.81. The smallest absolute Gasteiger partial charge is 0.243 e. The fourth-order valence-corrected chi connectivity index (χ4v) is 3.69. The number of rotatable bonds is 9. The monoisotopic (exact) mass is 403 g/mol. The molecule has 0 saturated carbocycles. The van der Waals surface area contributed by atoms with Crippen molar-refractivity contribution in [2.24, 2.45) is 0 Å². The second-order valence-corrected chi connectivity index (χ2v) is 7.23. The van der Waals surface area contributed by atoms with E-state index in [0.717, 1.165) is 35.1 Å².